The zero-order valence-electron chi connectivity index (χ0n) is 5.42. The van der Waals surface area contributed by atoms with Crippen molar-refractivity contribution >= 4 is 0 Å². The van der Waals surface area contributed by atoms with Gasteiger partial charge in [-0.05, 0) is 18.8 Å². The van der Waals surface area contributed by atoms with E-state index in [2.05, 4.69) is 0 Å². The minimum absolute atomic E-state index is 0.321. The number of hydrogen-bond donors (Lipinski definition) is 1. The van der Waals surface area contributed by atoms with Gasteiger partial charge in [0.15, 0.2) is 0 Å². The second-order valence-electron chi connectivity index (χ2n) is 3.15. The molecule has 2 aliphatic rings. The fraction of sp³-hybridized carbons (Fsp3) is 1.00. The van der Waals surface area contributed by atoms with Crippen molar-refractivity contribution in [3.8, 4) is 0 Å². The number of aliphatic hydroxyl groups is 1. The maximum atomic E-state index is 8.81. The summed E-state index contributed by atoms with van der Waals surface area (Å²) in [7, 11) is 0. The van der Waals surface area contributed by atoms with Gasteiger partial charge in [0.1, 0.15) is 0 Å². The normalized spacial score (nSPS) is 48.3. The van der Waals surface area contributed by atoms with E-state index >= 15 is 0 Å². The number of ether oxygens (including phenoxy) is 1. The van der Waals surface area contributed by atoms with Crippen LogP contribution < -0.4 is 0 Å². The van der Waals surface area contributed by atoms with E-state index in [-0.39, 0.29) is 0 Å². The van der Waals surface area contributed by atoms with Gasteiger partial charge in [0, 0.05) is 19.1 Å². The maximum Gasteiger partial charge on any atom is 0.0628 e. The van der Waals surface area contributed by atoms with Crippen molar-refractivity contribution in [2.45, 2.75) is 18.9 Å². The molecule has 0 spiro atoms. The monoisotopic (exact) mass is 128 g/mol. The van der Waals surface area contributed by atoms with E-state index in [4.69, 9.17) is 9.84 Å². The molecule has 0 aromatic rings. The highest BCUT2D eigenvalue weighted by molar-refractivity contribution is 4.88. The third kappa shape index (κ3) is 0.775. The van der Waals surface area contributed by atoms with E-state index < -0.39 is 0 Å². The zero-order chi connectivity index (χ0) is 6.27. The largest absolute Gasteiger partial charge is 0.396 e. The van der Waals surface area contributed by atoms with Crippen LogP contribution in [-0.2, 0) is 4.74 Å². The predicted octanol–water partition coefficient (Wildman–Crippen LogP) is 0.404. The maximum absolute atomic E-state index is 8.81. The molecule has 2 rings (SSSR count). The van der Waals surface area contributed by atoms with Crippen LogP contribution in [0.15, 0.2) is 0 Å². The Morgan fingerprint density at radius 3 is 2.67 bits per heavy atom. The van der Waals surface area contributed by atoms with E-state index in [0.717, 1.165) is 12.5 Å². The first kappa shape index (κ1) is 5.69. The summed E-state index contributed by atoms with van der Waals surface area (Å²) in [5, 5.41) is 8.81. The van der Waals surface area contributed by atoms with Crippen molar-refractivity contribution in [1.29, 1.82) is 0 Å². The molecule has 1 N–H and O–H groups in total. The van der Waals surface area contributed by atoms with Gasteiger partial charge in [0.05, 0.1) is 6.10 Å². The lowest BCUT2D eigenvalue weighted by molar-refractivity contribution is 0.0116. The first-order chi connectivity index (χ1) is 4.40. The highest BCUT2D eigenvalue weighted by Gasteiger charge is 2.39. The van der Waals surface area contributed by atoms with Gasteiger partial charge in [0.2, 0.25) is 0 Å². The van der Waals surface area contributed by atoms with Crippen molar-refractivity contribution in [2.24, 2.45) is 11.8 Å². The molecular weight excluding hydrogens is 116 g/mol. The standard InChI is InChI=1S/C7H12O2/c8-3-6-1-5-2-7(6)9-4-5/h5-8H,1-4H2. The summed E-state index contributed by atoms with van der Waals surface area (Å²) in [5.41, 5.74) is 0. The number of fused-ring (bicyclic) bond motifs is 2. The summed E-state index contributed by atoms with van der Waals surface area (Å²) in [6.45, 7) is 1.27. The highest BCUT2D eigenvalue weighted by Crippen LogP contribution is 2.39. The van der Waals surface area contributed by atoms with E-state index in [1.165, 1.54) is 12.8 Å². The van der Waals surface area contributed by atoms with E-state index in [1.54, 1.807) is 0 Å². The molecule has 1 heterocycles. The Labute approximate surface area is 54.8 Å². The average Bonchev–Trinajstić information content (AvgIpc) is 2.45. The molecule has 2 nitrogen and oxygen atoms in total. The smallest absolute Gasteiger partial charge is 0.0628 e. The van der Waals surface area contributed by atoms with Crippen LogP contribution in [0.25, 0.3) is 0 Å². The van der Waals surface area contributed by atoms with Gasteiger partial charge in [-0.2, -0.15) is 0 Å². The predicted molar refractivity (Wildman–Crippen MR) is 33.0 cm³/mol. The van der Waals surface area contributed by atoms with Gasteiger partial charge in [-0.3, -0.25) is 0 Å². The van der Waals surface area contributed by atoms with Crippen molar-refractivity contribution in [3.05, 3.63) is 0 Å². The summed E-state index contributed by atoms with van der Waals surface area (Å²) in [5.74, 6) is 1.23. The molecular formula is C7H12O2. The van der Waals surface area contributed by atoms with E-state index in [0.29, 0.717) is 18.6 Å². The van der Waals surface area contributed by atoms with Crippen LogP contribution in [0.4, 0.5) is 0 Å². The van der Waals surface area contributed by atoms with Crippen LogP contribution in [0.2, 0.25) is 0 Å². The van der Waals surface area contributed by atoms with Crippen molar-refractivity contribution < 1.29 is 9.84 Å². The fourth-order valence-corrected chi connectivity index (χ4v) is 1.99. The Hall–Kier alpha value is -0.0800. The second kappa shape index (κ2) is 1.96. The first-order valence-electron chi connectivity index (χ1n) is 3.62. The van der Waals surface area contributed by atoms with Gasteiger partial charge in [0.25, 0.3) is 0 Å². The van der Waals surface area contributed by atoms with Gasteiger partial charge < -0.3 is 9.84 Å². The Balaban J connectivity index is 2.01. The summed E-state index contributed by atoms with van der Waals surface area (Å²) < 4.78 is 5.40. The van der Waals surface area contributed by atoms with Gasteiger partial charge in [-0.25, -0.2) is 0 Å². The summed E-state index contributed by atoms with van der Waals surface area (Å²) in [4.78, 5) is 0. The summed E-state index contributed by atoms with van der Waals surface area (Å²) in [6, 6.07) is 0. The zero-order valence-corrected chi connectivity index (χ0v) is 5.42. The van der Waals surface area contributed by atoms with Crippen LogP contribution in [0.1, 0.15) is 12.8 Å². The molecule has 52 valence electrons. The minimum Gasteiger partial charge on any atom is -0.396 e. The fourth-order valence-electron chi connectivity index (χ4n) is 1.99. The summed E-state index contributed by atoms with van der Waals surface area (Å²) in [6.07, 6.45) is 2.80. The first-order valence-corrected chi connectivity index (χ1v) is 3.62. The highest BCUT2D eigenvalue weighted by atomic mass is 16.5. The SMILES string of the molecule is OCC1CC2COC1C2. The molecule has 1 aliphatic heterocycles. The van der Waals surface area contributed by atoms with Crippen LogP contribution in [0, 0.1) is 11.8 Å². The van der Waals surface area contributed by atoms with Crippen molar-refractivity contribution in [3.63, 3.8) is 0 Å². The average molecular weight is 128 g/mol. The molecule has 2 bridgehead atoms. The molecule has 0 aromatic heterocycles. The van der Waals surface area contributed by atoms with E-state index in [1.807, 2.05) is 0 Å². The molecule has 1 aliphatic carbocycles. The van der Waals surface area contributed by atoms with Crippen LogP contribution in [0.3, 0.4) is 0 Å². The number of hydrogen-bond acceptors (Lipinski definition) is 2. The molecule has 0 amide bonds. The molecule has 2 fully saturated rings. The lowest BCUT2D eigenvalue weighted by Crippen LogP contribution is -2.22. The summed E-state index contributed by atoms with van der Waals surface area (Å²) >= 11 is 0. The molecule has 1 saturated carbocycles. The molecule has 0 aromatic carbocycles. The minimum atomic E-state index is 0.321. The third-order valence-electron chi connectivity index (χ3n) is 2.51. The second-order valence-corrected chi connectivity index (χ2v) is 3.15. The van der Waals surface area contributed by atoms with Gasteiger partial charge >= 0.3 is 0 Å². The Bertz CT molecular complexity index is 113. The molecule has 1 saturated heterocycles. The molecule has 3 atom stereocenters. The van der Waals surface area contributed by atoms with E-state index in [9.17, 15) is 0 Å². The van der Waals surface area contributed by atoms with Crippen molar-refractivity contribution in [1.82, 2.24) is 0 Å². The third-order valence-corrected chi connectivity index (χ3v) is 2.51. The van der Waals surface area contributed by atoms with Crippen LogP contribution >= 0.6 is 0 Å². The topological polar surface area (TPSA) is 29.5 Å². The Morgan fingerprint density at radius 1 is 1.44 bits per heavy atom. The number of aliphatic hydroxyl groups excluding tert-OH is 1. The number of rotatable bonds is 1. The van der Waals surface area contributed by atoms with Crippen molar-refractivity contribution in [2.75, 3.05) is 13.2 Å². The van der Waals surface area contributed by atoms with Gasteiger partial charge in [-0.15, -0.1) is 0 Å². The molecule has 3 unspecified atom stereocenters. The van der Waals surface area contributed by atoms with Crippen LogP contribution in [-0.4, -0.2) is 24.4 Å². The quantitative estimate of drug-likeness (QED) is 0.554. The Kier molecular flexibility index (Phi) is 1.24. The molecule has 2 heteroatoms. The molecule has 0 radical (unpaired) electrons. The van der Waals surface area contributed by atoms with Crippen LogP contribution in [0.5, 0.6) is 0 Å². The van der Waals surface area contributed by atoms with Gasteiger partial charge in [-0.1, -0.05) is 0 Å². The molecule has 9 heavy (non-hydrogen) atoms. The lowest BCUT2D eigenvalue weighted by Gasteiger charge is -2.19. The Morgan fingerprint density at radius 2 is 2.33 bits per heavy atom. The lowest BCUT2D eigenvalue weighted by atomic mass is 10.0.